The van der Waals surface area contributed by atoms with E-state index in [-0.39, 0.29) is 11.8 Å². The summed E-state index contributed by atoms with van der Waals surface area (Å²) < 4.78 is 43.9. The highest BCUT2D eigenvalue weighted by Gasteiger charge is 2.51. The quantitative estimate of drug-likeness (QED) is 0.567. The van der Waals surface area contributed by atoms with Crippen LogP contribution in [0.15, 0.2) is 52.9 Å². The van der Waals surface area contributed by atoms with Gasteiger partial charge in [-0.25, -0.2) is 4.79 Å². The van der Waals surface area contributed by atoms with Crippen molar-refractivity contribution < 1.29 is 27.5 Å². The number of hydrogen-bond donors (Lipinski definition) is 3. The van der Waals surface area contributed by atoms with Crippen molar-refractivity contribution in [2.75, 3.05) is 5.32 Å². The smallest absolute Gasteiger partial charge is 0.416 e. The van der Waals surface area contributed by atoms with Gasteiger partial charge in [-0.15, -0.1) is 10.2 Å². The molecule has 1 saturated carbocycles. The second-order valence-electron chi connectivity index (χ2n) is 6.67. The number of alkyl halides is 3. The fourth-order valence-corrected chi connectivity index (χ4v) is 2.92. The Morgan fingerprint density at radius 1 is 1.07 bits per heavy atom. The van der Waals surface area contributed by atoms with Crippen LogP contribution in [-0.4, -0.2) is 21.4 Å². The zero-order chi connectivity index (χ0) is 20.6. The summed E-state index contributed by atoms with van der Waals surface area (Å²) in [7, 11) is 0. The van der Waals surface area contributed by atoms with Crippen molar-refractivity contribution in [3.63, 3.8) is 0 Å². The van der Waals surface area contributed by atoms with E-state index >= 15 is 0 Å². The molecule has 7 nitrogen and oxygen atoms in total. The number of amides is 1. The van der Waals surface area contributed by atoms with E-state index in [2.05, 4.69) is 20.8 Å². The Morgan fingerprint density at radius 2 is 1.76 bits per heavy atom. The number of carboxylic acid groups (broad SMARTS) is 1. The molecule has 0 spiro atoms. The van der Waals surface area contributed by atoms with Gasteiger partial charge in [-0.05, 0) is 49.2 Å². The van der Waals surface area contributed by atoms with Crippen LogP contribution < -0.4 is 10.6 Å². The van der Waals surface area contributed by atoms with Gasteiger partial charge < -0.3 is 20.2 Å². The van der Waals surface area contributed by atoms with E-state index in [1.807, 2.05) is 0 Å². The first-order chi connectivity index (χ1) is 13.8. The lowest BCUT2D eigenvalue weighted by Crippen LogP contribution is -2.33. The minimum atomic E-state index is -4.40. The van der Waals surface area contributed by atoms with Crippen molar-refractivity contribution in [1.82, 2.24) is 15.5 Å². The van der Waals surface area contributed by atoms with Gasteiger partial charge in [0.1, 0.15) is 5.54 Å². The van der Waals surface area contributed by atoms with Gasteiger partial charge in [0, 0.05) is 5.69 Å². The molecule has 10 heteroatoms. The summed E-state index contributed by atoms with van der Waals surface area (Å²) in [6.07, 6.45) is -4.45. The fourth-order valence-electron chi connectivity index (χ4n) is 2.92. The Bertz CT molecular complexity index is 1040. The second-order valence-corrected chi connectivity index (χ2v) is 6.67. The van der Waals surface area contributed by atoms with Crippen molar-refractivity contribution in [1.29, 1.82) is 0 Å². The number of hydrogen-bond acceptors (Lipinski definition) is 5. The van der Waals surface area contributed by atoms with E-state index in [1.54, 1.807) is 24.3 Å². The van der Waals surface area contributed by atoms with Gasteiger partial charge in [0.05, 0.1) is 16.8 Å². The highest BCUT2D eigenvalue weighted by atomic mass is 19.4. The summed E-state index contributed by atoms with van der Waals surface area (Å²) in [5, 5.41) is 22.4. The van der Waals surface area contributed by atoms with Crippen molar-refractivity contribution >= 4 is 17.5 Å². The molecule has 1 fully saturated rings. The highest BCUT2D eigenvalue weighted by molar-refractivity contribution is 5.76. The number of para-hydroxylation sites is 1. The fraction of sp³-hybridized carbons (Fsp3) is 0.211. The molecule has 1 aromatic heterocycles. The molecule has 150 valence electrons. The molecule has 0 bridgehead atoms. The van der Waals surface area contributed by atoms with Gasteiger partial charge >= 0.3 is 12.3 Å². The van der Waals surface area contributed by atoms with E-state index in [0.717, 1.165) is 12.1 Å². The standard InChI is InChI=1S/C19H15F3N4O3/c20-19(21,22)11-5-7-12(8-6-11)23-14-4-2-1-3-13(14)15-25-26-16(29-15)18(9-10-18)24-17(27)28/h1-8,23-24H,9-10H2,(H,27,28). The molecular formula is C19H15F3N4O3. The van der Waals surface area contributed by atoms with Crippen LogP contribution in [0.25, 0.3) is 11.5 Å². The van der Waals surface area contributed by atoms with Gasteiger partial charge in [-0.1, -0.05) is 12.1 Å². The van der Waals surface area contributed by atoms with E-state index in [1.165, 1.54) is 12.1 Å². The summed E-state index contributed by atoms with van der Waals surface area (Å²) in [6.45, 7) is 0. The topological polar surface area (TPSA) is 100 Å². The first kappa shape index (κ1) is 18.8. The lowest BCUT2D eigenvalue weighted by molar-refractivity contribution is -0.137. The SMILES string of the molecule is O=C(O)NC1(c2nnc(-c3ccccc3Nc3ccc(C(F)(F)F)cc3)o2)CC1. The number of halogens is 3. The third kappa shape index (κ3) is 3.86. The van der Waals surface area contributed by atoms with Gasteiger partial charge in [0.2, 0.25) is 11.8 Å². The van der Waals surface area contributed by atoms with Crippen LogP contribution in [0, 0.1) is 0 Å². The van der Waals surface area contributed by atoms with Crippen molar-refractivity contribution in [2.24, 2.45) is 0 Å². The molecule has 3 N–H and O–H groups in total. The number of benzene rings is 2. The molecule has 0 unspecified atom stereocenters. The monoisotopic (exact) mass is 404 g/mol. The van der Waals surface area contributed by atoms with Crippen molar-refractivity contribution in [3.8, 4) is 11.5 Å². The summed E-state index contributed by atoms with van der Waals surface area (Å²) in [6, 6.07) is 11.6. The molecule has 3 aromatic rings. The normalized spacial score (nSPS) is 15.0. The van der Waals surface area contributed by atoms with Crippen LogP contribution in [0.2, 0.25) is 0 Å². The number of anilines is 2. The predicted molar refractivity (Wildman–Crippen MR) is 96.5 cm³/mol. The maximum absolute atomic E-state index is 12.7. The van der Waals surface area contributed by atoms with E-state index in [0.29, 0.717) is 29.8 Å². The zero-order valence-electron chi connectivity index (χ0n) is 14.8. The van der Waals surface area contributed by atoms with Gasteiger partial charge in [0.15, 0.2) is 0 Å². The van der Waals surface area contributed by atoms with Crippen molar-refractivity contribution in [3.05, 3.63) is 60.0 Å². The third-order valence-corrected chi connectivity index (χ3v) is 4.58. The Kier molecular flexibility index (Phi) is 4.40. The van der Waals surface area contributed by atoms with E-state index < -0.39 is 23.4 Å². The summed E-state index contributed by atoms with van der Waals surface area (Å²) >= 11 is 0. The zero-order valence-corrected chi connectivity index (χ0v) is 14.8. The van der Waals surface area contributed by atoms with Crippen LogP contribution in [0.3, 0.4) is 0 Å². The predicted octanol–water partition coefficient (Wildman–Crippen LogP) is 4.76. The van der Waals surface area contributed by atoms with Crippen LogP contribution in [-0.2, 0) is 11.7 Å². The van der Waals surface area contributed by atoms with Gasteiger partial charge in [-0.2, -0.15) is 13.2 Å². The number of carbonyl (C=O) groups is 1. The molecule has 29 heavy (non-hydrogen) atoms. The average Bonchev–Trinajstić information content (AvgIpc) is 3.26. The first-order valence-electron chi connectivity index (χ1n) is 8.66. The molecule has 0 atom stereocenters. The van der Waals surface area contributed by atoms with E-state index in [9.17, 15) is 18.0 Å². The highest BCUT2D eigenvalue weighted by Crippen LogP contribution is 2.45. The molecule has 0 radical (unpaired) electrons. The third-order valence-electron chi connectivity index (χ3n) is 4.58. The van der Waals surface area contributed by atoms with E-state index in [4.69, 9.17) is 9.52 Å². The molecule has 2 aromatic carbocycles. The Hall–Kier alpha value is -3.56. The molecule has 1 heterocycles. The lowest BCUT2D eigenvalue weighted by Gasteiger charge is -2.12. The minimum absolute atomic E-state index is 0.175. The molecule has 0 aliphatic heterocycles. The average molecular weight is 404 g/mol. The Balaban J connectivity index is 1.59. The second kappa shape index (κ2) is 6.80. The number of nitrogens with one attached hydrogen (secondary N) is 2. The summed E-state index contributed by atoms with van der Waals surface area (Å²) in [5.41, 5.74) is -0.0434. The van der Waals surface area contributed by atoms with Crippen LogP contribution in [0.4, 0.5) is 29.3 Å². The Morgan fingerprint density at radius 3 is 2.38 bits per heavy atom. The first-order valence-corrected chi connectivity index (χ1v) is 8.66. The van der Waals surface area contributed by atoms with Crippen LogP contribution in [0.5, 0.6) is 0 Å². The molecule has 1 amide bonds. The maximum atomic E-state index is 12.7. The molecule has 4 rings (SSSR count). The summed E-state index contributed by atoms with van der Waals surface area (Å²) in [4.78, 5) is 11.0. The van der Waals surface area contributed by atoms with Gasteiger partial charge in [-0.3, -0.25) is 0 Å². The Labute approximate surface area is 162 Å². The van der Waals surface area contributed by atoms with Crippen molar-refractivity contribution in [2.45, 2.75) is 24.6 Å². The number of aromatic nitrogens is 2. The molecule has 1 aliphatic carbocycles. The molecule has 1 aliphatic rings. The molecule has 0 saturated heterocycles. The number of nitrogens with zero attached hydrogens (tertiary/aromatic N) is 2. The number of rotatable bonds is 5. The minimum Gasteiger partial charge on any atom is -0.465 e. The maximum Gasteiger partial charge on any atom is 0.416 e. The summed E-state index contributed by atoms with van der Waals surface area (Å²) in [5.74, 6) is 0.354. The molecular weight excluding hydrogens is 389 g/mol. The largest absolute Gasteiger partial charge is 0.465 e. The van der Waals surface area contributed by atoms with Gasteiger partial charge in [0.25, 0.3) is 0 Å². The van der Waals surface area contributed by atoms with Crippen LogP contribution >= 0.6 is 0 Å². The van der Waals surface area contributed by atoms with Crippen LogP contribution in [0.1, 0.15) is 24.3 Å². The lowest BCUT2D eigenvalue weighted by atomic mass is 10.1.